The van der Waals surface area contributed by atoms with Gasteiger partial charge in [0.2, 0.25) is 5.89 Å². The average molecular weight is 415 g/mol. The molecule has 1 N–H and O–H groups in total. The Morgan fingerprint density at radius 1 is 1.20 bits per heavy atom. The number of hydrogen-bond acceptors (Lipinski definition) is 6. The number of nitrogens with zero attached hydrogens (tertiary/aromatic N) is 2. The Hall–Kier alpha value is -3.89. The van der Waals surface area contributed by atoms with Crippen LogP contribution in [-0.4, -0.2) is 10.9 Å². The summed E-state index contributed by atoms with van der Waals surface area (Å²) in [7, 11) is 0. The van der Waals surface area contributed by atoms with Crippen LogP contribution < -0.4 is 10.1 Å². The smallest absolute Gasteiger partial charge is 0.277 e. The van der Waals surface area contributed by atoms with E-state index in [-0.39, 0.29) is 11.6 Å². The molecule has 4 rings (SSSR count). The number of aromatic nitrogens is 1. The zero-order chi connectivity index (χ0) is 20.9. The van der Waals surface area contributed by atoms with E-state index in [0.29, 0.717) is 35.3 Å². The second kappa shape index (κ2) is 8.64. The third-order valence-corrected chi connectivity index (χ3v) is 5.15. The largest absolute Gasteiger partial charge is 0.489 e. The molecule has 0 unspecified atom stereocenters. The lowest BCUT2D eigenvalue weighted by Gasteiger charge is -2.09. The van der Waals surface area contributed by atoms with Crippen LogP contribution in [0.3, 0.4) is 0 Å². The van der Waals surface area contributed by atoms with Crippen molar-refractivity contribution in [3.8, 4) is 22.6 Å². The van der Waals surface area contributed by atoms with Crippen LogP contribution in [-0.2, 0) is 6.61 Å². The number of benzene rings is 2. The van der Waals surface area contributed by atoms with E-state index in [1.54, 1.807) is 43.3 Å². The predicted molar refractivity (Wildman–Crippen MR) is 114 cm³/mol. The maximum Gasteiger partial charge on any atom is 0.277 e. The van der Waals surface area contributed by atoms with E-state index in [1.165, 1.54) is 11.3 Å². The highest BCUT2D eigenvalue weighted by atomic mass is 32.1. The van der Waals surface area contributed by atoms with Gasteiger partial charge in [-0.05, 0) is 48.2 Å². The molecule has 1 amide bonds. The van der Waals surface area contributed by atoms with E-state index in [0.717, 1.165) is 10.4 Å². The van der Waals surface area contributed by atoms with Gasteiger partial charge in [-0.2, -0.15) is 5.26 Å². The van der Waals surface area contributed by atoms with Crippen LogP contribution in [0.1, 0.15) is 27.4 Å². The molecule has 7 heteroatoms. The standard InChI is InChI=1S/C23H17N3O3S/c1-15-21(26-23(29-15)20-9-4-10-30-20)22(27)25-18-7-3-8-19(12-18)28-14-17-6-2-5-16(11-17)13-24/h2-12H,14H2,1H3,(H,25,27). The summed E-state index contributed by atoms with van der Waals surface area (Å²) in [6.07, 6.45) is 0. The molecule has 0 spiro atoms. The van der Waals surface area contributed by atoms with Gasteiger partial charge in [-0.25, -0.2) is 4.98 Å². The van der Waals surface area contributed by atoms with Crippen molar-refractivity contribution in [2.45, 2.75) is 13.5 Å². The second-order valence-corrected chi connectivity index (χ2v) is 7.43. The maximum absolute atomic E-state index is 12.7. The topological polar surface area (TPSA) is 88.2 Å². The maximum atomic E-state index is 12.7. The van der Waals surface area contributed by atoms with Gasteiger partial charge >= 0.3 is 0 Å². The summed E-state index contributed by atoms with van der Waals surface area (Å²) in [5.74, 6) is 1.15. The average Bonchev–Trinajstić information content (AvgIpc) is 3.42. The van der Waals surface area contributed by atoms with Crippen molar-refractivity contribution >= 4 is 22.9 Å². The Morgan fingerprint density at radius 2 is 2.07 bits per heavy atom. The van der Waals surface area contributed by atoms with Crippen molar-refractivity contribution in [1.29, 1.82) is 5.26 Å². The molecule has 2 heterocycles. The quantitative estimate of drug-likeness (QED) is 0.455. The fraction of sp³-hybridized carbons (Fsp3) is 0.0870. The van der Waals surface area contributed by atoms with E-state index in [4.69, 9.17) is 14.4 Å². The number of anilines is 1. The molecule has 0 saturated carbocycles. The number of amides is 1. The summed E-state index contributed by atoms with van der Waals surface area (Å²) < 4.78 is 11.4. The number of nitriles is 1. The number of rotatable bonds is 6. The van der Waals surface area contributed by atoms with Crippen molar-refractivity contribution in [3.63, 3.8) is 0 Å². The van der Waals surface area contributed by atoms with Crippen LogP contribution >= 0.6 is 11.3 Å². The first-order valence-corrected chi connectivity index (χ1v) is 10.0. The van der Waals surface area contributed by atoms with Crippen LogP contribution in [0, 0.1) is 18.3 Å². The molecule has 0 saturated heterocycles. The van der Waals surface area contributed by atoms with E-state index in [2.05, 4.69) is 16.4 Å². The summed E-state index contributed by atoms with van der Waals surface area (Å²) in [6, 6.07) is 20.3. The highest BCUT2D eigenvalue weighted by Gasteiger charge is 2.19. The van der Waals surface area contributed by atoms with Gasteiger partial charge < -0.3 is 14.5 Å². The Bertz CT molecular complexity index is 1220. The van der Waals surface area contributed by atoms with Gasteiger partial charge in [0.05, 0.1) is 16.5 Å². The Morgan fingerprint density at radius 3 is 2.87 bits per heavy atom. The summed E-state index contributed by atoms with van der Waals surface area (Å²) >= 11 is 1.50. The number of aryl methyl sites for hydroxylation is 1. The minimum absolute atomic E-state index is 0.248. The highest BCUT2D eigenvalue weighted by Crippen LogP contribution is 2.26. The molecule has 0 fully saturated rings. The third-order valence-electron chi connectivity index (χ3n) is 4.30. The first kappa shape index (κ1) is 19.4. The zero-order valence-electron chi connectivity index (χ0n) is 16.1. The van der Waals surface area contributed by atoms with Crippen LogP contribution in [0.25, 0.3) is 10.8 Å². The van der Waals surface area contributed by atoms with E-state index in [9.17, 15) is 4.79 Å². The molecular formula is C23H17N3O3S. The molecule has 2 aromatic heterocycles. The molecular weight excluding hydrogens is 398 g/mol. The molecule has 30 heavy (non-hydrogen) atoms. The Kier molecular flexibility index (Phi) is 5.59. The number of hydrogen-bond donors (Lipinski definition) is 1. The number of thiophene rings is 1. The summed E-state index contributed by atoms with van der Waals surface area (Å²) in [4.78, 5) is 17.9. The number of nitrogens with one attached hydrogen (secondary N) is 1. The Labute approximate surface area is 177 Å². The molecule has 0 bridgehead atoms. The lowest BCUT2D eigenvalue weighted by Crippen LogP contribution is -2.13. The molecule has 0 radical (unpaired) electrons. The van der Waals surface area contributed by atoms with Crippen LogP contribution in [0.4, 0.5) is 5.69 Å². The van der Waals surface area contributed by atoms with Crippen molar-refractivity contribution in [2.24, 2.45) is 0 Å². The van der Waals surface area contributed by atoms with E-state index < -0.39 is 0 Å². The molecule has 4 aromatic rings. The van der Waals surface area contributed by atoms with E-state index in [1.807, 2.05) is 29.6 Å². The predicted octanol–water partition coefficient (Wildman–Crippen LogP) is 5.41. The lowest BCUT2D eigenvalue weighted by atomic mass is 10.1. The van der Waals surface area contributed by atoms with Gasteiger partial charge in [-0.15, -0.1) is 11.3 Å². The normalized spacial score (nSPS) is 10.4. The summed E-state index contributed by atoms with van der Waals surface area (Å²) in [5, 5.41) is 13.8. The zero-order valence-corrected chi connectivity index (χ0v) is 16.9. The first-order valence-electron chi connectivity index (χ1n) is 9.17. The molecule has 148 valence electrons. The molecule has 6 nitrogen and oxygen atoms in total. The Balaban J connectivity index is 1.44. The van der Waals surface area contributed by atoms with Gasteiger partial charge in [0.1, 0.15) is 18.1 Å². The van der Waals surface area contributed by atoms with E-state index >= 15 is 0 Å². The number of oxazole rings is 1. The molecule has 0 atom stereocenters. The van der Waals surface area contributed by atoms with Crippen molar-refractivity contribution in [2.75, 3.05) is 5.32 Å². The molecule has 2 aromatic carbocycles. The fourth-order valence-corrected chi connectivity index (χ4v) is 3.51. The van der Waals surface area contributed by atoms with Crippen LogP contribution in [0.2, 0.25) is 0 Å². The minimum atomic E-state index is -0.349. The van der Waals surface area contributed by atoms with Gasteiger partial charge in [0.15, 0.2) is 5.69 Å². The van der Waals surface area contributed by atoms with Gasteiger partial charge in [0, 0.05) is 11.8 Å². The van der Waals surface area contributed by atoms with Crippen LogP contribution in [0.5, 0.6) is 5.75 Å². The molecule has 0 aliphatic rings. The highest BCUT2D eigenvalue weighted by molar-refractivity contribution is 7.13. The van der Waals surface area contributed by atoms with Gasteiger partial charge in [0.25, 0.3) is 5.91 Å². The monoisotopic (exact) mass is 415 g/mol. The SMILES string of the molecule is Cc1oc(-c2cccs2)nc1C(=O)Nc1cccc(OCc2cccc(C#N)c2)c1. The van der Waals surface area contributed by atoms with Gasteiger partial charge in [-0.1, -0.05) is 24.3 Å². The second-order valence-electron chi connectivity index (χ2n) is 6.48. The third kappa shape index (κ3) is 4.40. The van der Waals surface area contributed by atoms with Gasteiger partial charge in [-0.3, -0.25) is 4.79 Å². The number of carbonyl (C=O) groups excluding carboxylic acids is 1. The number of ether oxygens (including phenoxy) is 1. The summed E-state index contributed by atoms with van der Waals surface area (Å²) in [6.45, 7) is 2.04. The van der Waals surface area contributed by atoms with Crippen molar-refractivity contribution < 1.29 is 13.9 Å². The minimum Gasteiger partial charge on any atom is -0.489 e. The number of carbonyl (C=O) groups is 1. The first-order chi connectivity index (χ1) is 14.6. The lowest BCUT2D eigenvalue weighted by molar-refractivity contribution is 0.102. The van der Waals surface area contributed by atoms with Crippen LogP contribution in [0.15, 0.2) is 70.5 Å². The summed E-state index contributed by atoms with van der Waals surface area (Å²) in [5.41, 5.74) is 2.31. The van der Waals surface area contributed by atoms with Crippen molar-refractivity contribution in [1.82, 2.24) is 4.98 Å². The fourth-order valence-electron chi connectivity index (χ4n) is 2.86. The van der Waals surface area contributed by atoms with Crippen molar-refractivity contribution in [3.05, 3.63) is 88.6 Å². The molecule has 0 aliphatic carbocycles. The molecule has 0 aliphatic heterocycles.